The molecule has 31 heavy (non-hydrogen) atoms. The van der Waals surface area contributed by atoms with Crippen molar-refractivity contribution in [1.82, 2.24) is 4.98 Å². The quantitative estimate of drug-likeness (QED) is 0.485. The monoisotopic (exact) mass is 422 g/mol. The number of halogens is 3. The van der Waals surface area contributed by atoms with Crippen LogP contribution >= 0.6 is 0 Å². The third-order valence-electron chi connectivity index (χ3n) is 5.20. The van der Waals surface area contributed by atoms with E-state index in [9.17, 15) is 13.2 Å². The lowest BCUT2D eigenvalue weighted by Gasteiger charge is -2.18. The summed E-state index contributed by atoms with van der Waals surface area (Å²) in [4.78, 5) is 8.85. The summed E-state index contributed by atoms with van der Waals surface area (Å²) >= 11 is 0. The van der Waals surface area contributed by atoms with Gasteiger partial charge >= 0.3 is 6.18 Å². The summed E-state index contributed by atoms with van der Waals surface area (Å²) in [5, 5.41) is 0. The first-order valence-corrected chi connectivity index (χ1v) is 9.98. The fourth-order valence-corrected chi connectivity index (χ4v) is 3.79. The Morgan fingerprint density at radius 2 is 1.84 bits per heavy atom. The summed E-state index contributed by atoms with van der Waals surface area (Å²) in [6.45, 7) is 0.744. The molecule has 1 aliphatic rings. The summed E-state index contributed by atoms with van der Waals surface area (Å²) in [5.41, 5.74) is 3.46. The van der Waals surface area contributed by atoms with E-state index in [0.717, 1.165) is 47.9 Å². The van der Waals surface area contributed by atoms with Gasteiger partial charge in [-0.05, 0) is 65.9 Å². The first kappa shape index (κ1) is 20.8. The molecule has 0 aliphatic carbocycles. The minimum Gasteiger partial charge on any atom is -0.496 e. The lowest BCUT2D eigenvalue weighted by molar-refractivity contribution is -0.137. The van der Waals surface area contributed by atoms with Crippen LogP contribution < -0.4 is 4.74 Å². The molecular formula is C25H21F3N2O. The van der Waals surface area contributed by atoms with Crippen LogP contribution in [0.4, 0.5) is 13.2 Å². The van der Waals surface area contributed by atoms with Crippen LogP contribution in [0.2, 0.25) is 0 Å². The number of aromatic nitrogens is 1. The molecule has 1 aromatic heterocycles. The average molecular weight is 422 g/mol. The van der Waals surface area contributed by atoms with Gasteiger partial charge in [-0.1, -0.05) is 24.3 Å². The summed E-state index contributed by atoms with van der Waals surface area (Å²) in [5.74, 6) is 0.392. The second-order valence-electron chi connectivity index (χ2n) is 7.25. The Morgan fingerprint density at radius 1 is 1.00 bits per heavy atom. The number of alkyl halides is 3. The number of benzene rings is 2. The zero-order valence-corrected chi connectivity index (χ0v) is 17.0. The minimum atomic E-state index is -4.46. The first-order chi connectivity index (χ1) is 15.0. The van der Waals surface area contributed by atoms with Crippen LogP contribution in [0, 0.1) is 0 Å². The maximum atomic E-state index is 13.6. The highest BCUT2D eigenvalue weighted by Crippen LogP contribution is 2.41. The zero-order valence-electron chi connectivity index (χ0n) is 17.0. The molecule has 2 heterocycles. The van der Waals surface area contributed by atoms with E-state index < -0.39 is 11.7 Å². The number of pyridine rings is 1. The molecule has 0 fully saturated rings. The molecule has 1 aliphatic heterocycles. The molecular weight excluding hydrogens is 401 g/mol. The predicted molar refractivity (Wildman–Crippen MR) is 116 cm³/mol. The van der Waals surface area contributed by atoms with Gasteiger partial charge in [-0.2, -0.15) is 13.2 Å². The van der Waals surface area contributed by atoms with E-state index in [4.69, 9.17) is 4.74 Å². The van der Waals surface area contributed by atoms with Gasteiger partial charge in [0.15, 0.2) is 0 Å². The minimum absolute atomic E-state index is 0.0943. The van der Waals surface area contributed by atoms with Crippen molar-refractivity contribution in [1.29, 1.82) is 0 Å². The molecule has 0 unspecified atom stereocenters. The smallest absolute Gasteiger partial charge is 0.417 e. The Morgan fingerprint density at radius 3 is 2.58 bits per heavy atom. The first-order valence-electron chi connectivity index (χ1n) is 9.98. The van der Waals surface area contributed by atoms with Crippen molar-refractivity contribution >= 4 is 11.8 Å². The van der Waals surface area contributed by atoms with E-state index in [1.807, 2.05) is 24.3 Å². The third kappa shape index (κ3) is 4.53. The lowest BCUT2D eigenvalue weighted by atomic mass is 9.93. The largest absolute Gasteiger partial charge is 0.496 e. The number of hydrogen-bond acceptors (Lipinski definition) is 3. The van der Waals surface area contributed by atoms with E-state index in [1.54, 1.807) is 30.6 Å². The topological polar surface area (TPSA) is 34.5 Å². The lowest BCUT2D eigenvalue weighted by Crippen LogP contribution is -2.12. The Kier molecular flexibility index (Phi) is 5.89. The van der Waals surface area contributed by atoms with Crippen LogP contribution in [0.5, 0.6) is 5.75 Å². The molecule has 3 nitrogen and oxygen atoms in total. The maximum absolute atomic E-state index is 13.6. The van der Waals surface area contributed by atoms with Crippen LogP contribution in [-0.2, 0) is 6.18 Å². The summed E-state index contributed by atoms with van der Waals surface area (Å²) in [6, 6.07) is 14.7. The second kappa shape index (κ2) is 8.76. The van der Waals surface area contributed by atoms with Crippen molar-refractivity contribution in [3.8, 4) is 16.9 Å². The molecule has 0 saturated carbocycles. The molecule has 4 rings (SSSR count). The number of methoxy groups -OCH3 is 1. The molecule has 0 saturated heterocycles. The molecule has 2 aromatic carbocycles. The van der Waals surface area contributed by atoms with Crippen molar-refractivity contribution in [2.24, 2.45) is 4.99 Å². The van der Waals surface area contributed by atoms with Crippen LogP contribution in [0.25, 0.3) is 17.2 Å². The van der Waals surface area contributed by atoms with Gasteiger partial charge in [0.1, 0.15) is 5.75 Å². The van der Waals surface area contributed by atoms with Gasteiger partial charge in [0.05, 0.1) is 18.4 Å². The molecule has 6 heteroatoms. The van der Waals surface area contributed by atoms with Crippen molar-refractivity contribution in [3.05, 3.63) is 89.3 Å². The number of nitrogens with zero attached hydrogens (tertiary/aromatic N) is 2. The highest BCUT2D eigenvalue weighted by molar-refractivity contribution is 6.15. The molecule has 3 aromatic rings. The van der Waals surface area contributed by atoms with Gasteiger partial charge in [0, 0.05) is 30.1 Å². The van der Waals surface area contributed by atoms with Crippen molar-refractivity contribution in [2.45, 2.75) is 19.0 Å². The molecule has 0 radical (unpaired) electrons. The summed E-state index contributed by atoms with van der Waals surface area (Å²) < 4.78 is 46.2. The highest BCUT2D eigenvalue weighted by Gasteiger charge is 2.34. The van der Waals surface area contributed by atoms with Crippen LogP contribution in [0.3, 0.4) is 0 Å². The molecule has 158 valence electrons. The van der Waals surface area contributed by atoms with Crippen molar-refractivity contribution in [3.63, 3.8) is 0 Å². The highest BCUT2D eigenvalue weighted by atomic mass is 19.4. The van der Waals surface area contributed by atoms with Crippen LogP contribution in [-0.4, -0.2) is 24.4 Å². The standard InChI is InChI=1S/C25H21F3N2O/c1-31-23-11-10-17(15-21(23)20-8-2-3-9-22(20)25(26,27)28)14-18-6-5-13-30-24(18)19-7-4-12-29-16-19/h2-4,7-12,14-16H,5-6,13H2,1H3. The van der Waals surface area contributed by atoms with Gasteiger partial charge < -0.3 is 4.74 Å². The Hall–Kier alpha value is -3.41. The van der Waals surface area contributed by atoms with E-state index >= 15 is 0 Å². The molecule has 0 N–H and O–H groups in total. The molecule has 0 amide bonds. The van der Waals surface area contributed by atoms with E-state index in [2.05, 4.69) is 9.98 Å². The van der Waals surface area contributed by atoms with Gasteiger partial charge in [0.25, 0.3) is 0 Å². The summed E-state index contributed by atoms with van der Waals surface area (Å²) in [7, 11) is 1.46. The Balaban J connectivity index is 1.80. The second-order valence-corrected chi connectivity index (χ2v) is 7.25. The number of ether oxygens (including phenoxy) is 1. The van der Waals surface area contributed by atoms with Gasteiger partial charge in [0.2, 0.25) is 0 Å². The molecule has 0 spiro atoms. The summed E-state index contributed by atoms with van der Waals surface area (Å²) in [6.07, 6.45) is 2.79. The van der Waals surface area contributed by atoms with Crippen LogP contribution in [0.1, 0.15) is 29.5 Å². The van der Waals surface area contributed by atoms with Gasteiger partial charge in [-0.15, -0.1) is 0 Å². The molecule has 0 atom stereocenters. The SMILES string of the molecule is COc1ccc(C=C2CCCN=C2c2cccnc2)cc1-c1ccccc1C(F)(F)F. The van der Waals surface area contributed by atoms with E-state index in [-0.39, 0.29) is 5.56 Å². The Labute approximate surface area is 178 Å². The fourth-order valence-electron chi connectivity index (χ4n) is 3.79. The van der Waals surface area contributed by atoms with Gasteiger partial charge in [-0.25, -0.2) is 0 Å². The third-order valence-corrected chi connectivity index (χ3v) is 5.20. The number of rotatable bonds is 4. The average Bonchev–Trinajstić information content (AvgIpc) is 2.79. The Bertz CT molecular complexity index is 1140. The molecule has 0 bridgehead atoms. The fraction of sp³-hybridized carbons (Fsp3) is 0.200. The number of allylic oxidation sites excluding steroid dienone is 1. The van der Waals surface area contributed by atoms with E-state index in [1.165, 1.54) is 19.2 Å². The normalized spacial score (nSPS) is 15.6. The van der Waals surface area contributed by atoms with Crippen molar-refractivity contribution < 1.29 is 17.9 Å². The van der Waals surface area contributed by atoms with Crippen LogP contribution in [0.15, 0.2) is 77.6 Å². The zero-order chi connectivity index (χ0) is 21.8. The van der Waals surface area contributed by atoms with Crippen molar-refractivity contribution in [2.75, 3.05) is 13.7 Å². The van der Waals surface area contributed by atoms with Gasteiger partial charge in [-0.3, -0.25) is 9.98 Å². The van der Waals surface area contributed by atoms with E-state index in [0.29, 0.717) is 11.3 Å². The predicted octanol–water partition coefficient (Wildman–Crippen LogP) is 6.44. The number of hydrogen-bond donors (Lipinski definition) is 0. The number of aliphatic imine (C=N–C) groups is 1. The maximum Gasteiger partial charge on any atom is 0.417 e.